The maximum Gasteiger partial charge on any atom is 0.233 e. The summed E-state index contributed by atoms with van der Waals surface area (Å²) in [6.07, 6.45) is 7.88. The molecular formula is C33H41N7O4S. The van der Waals surface area contributed by atoms with Crippen molar-refractivity contribution >= 4 is 44.7 Å². The summed E-state index contributed by atoms with van der Waals surface area (Å²) in [5.41, 5.74) is 4.00. The fourth-order valence-corrected chi connectivity index (χ4v) is 7.73. The molecule has 1 saturated heterocycles. The highest BCUT2D eigenvalue weighted by atomic mass is 32.2. The molecule has 2 aromatic heterocycles. The molecule has 3 heterocycles. The monoisotopic (exact) mass is 631 g/mol. The molecule has 0 unspecified atom stereocenters. The van der Waals surface area contributed by atoms with Gasteiger partial charge >= 0.3 is 0 Å². The quantitative estimate of drug-likeness (QED) is 0.228. The van der Waals surface area contributed by atoms with Gasteiger partial charge < -0.3 is 20.3 Å². The molecule has 12 heteroatoms. The molecule has 45 heavy (non-hydrogen) atoms. The molecule has 2 fully saturated rings. The first kappa shape index (κ1) is 30.8. The largest absolute Gasteiger partial charge is 0.495 e. The van der Waals surface area contributed by atoms with Crippen LogP contribution in [0.15, 0.2) is 53.6 Å². The Hall–Kier alpha value is -4.19. The number of ether oxygens (including phenoxy) is 1. The third kappa shape index (κ3) is 6.20. The maximum atomic E-state index is 13.1. The van der Waals surface area contributed by atoms with E-state index in [2.05, 4.69) is 43.6 Å². The SMILES string of the molecule is COc1cc(C2CCN(C(=O)C3CCCC3)CC2)c(C)cc1Nc1nc(Nc2ccccc2S(=O)(=O)C(C)C)n2nccc2n1. The van der Waals surface area contributed by atoms with Crippen LogP contribution in [0.2, 0.25) is 0 Å². The van der Waals surface area contributed by atoms with Gasteiger partial charge in [0, 0.05) is 25.1 Å². The zero-order valence-corrected chi connectivity index (χ0v) is 27.1. The van der Waals surface area contributed by atoms with Crippen LogP contribution in [0.3, 0.4) is 0 Å². The van der Waals surface area contributed by atoms with Crippen LogP contribution < -0.4 is 15.4 Å². The number of likely N-dealkylation sites (tertiary alicyclic amines) is 1. The number of hydrogen-bond acceptors (Lipinski definition) is 9. The number of aromatic nitrogens is 4. The number of nitrogens with zero attached hydrogens (tertiary/aromatic N) is 5. The molecule has 2 aromatic carbocycles. The van der Waals surface area contributed by atoms with Crippen LogP contribution >= 0.6 is 0 Å². The summed E-state index contributed by atoms with van der Waals surface area (Å²) >= 11 is 0. The van der Waals surface area contributed by atoms with Crippen LogP contribution in [0.5, 0.6) is 5.75 Å². The molecule has 0 atom stereocenters. The Morgan fingerprint density at radius 2 is 1.71 bits per heavy atom. The Bertz CT molecular complexity index is 1810. The van der Waals surface area contributed by atoms with Gasteiger partial charge in [0.1, 0.15) is 5.75 Å². The molecule has 0 radical (unpaired) electrons. The summed E-state index contributed by atoms with van der Waals surface area (Å²) in [4.78, 5) is 24.5. The topological polar surface area (TPSA) is 131 Å². The van der Waals surface area contributed by atoms with Crippen LogP contribution in [0.4, 0.5) is 23.3 Å². The van der Waals surface area contributed by atoms with E-state index in [0.717, 1.165) is 44.3 Å². The van der Waals surface area contributed by atoms with E-state index in [-0.39, 0.29) is 10.8 Å². The molecule has 2 N–H and O–H groups in total. The first-order valence-electron chi connectivity index (χ1n) is 15.7. The number of hydrogen-bond donors (Lipinski definition) is 2. The average Bonchev–Trinajstić information content (AvgIpc) is 3.74. The zero-order chi connectivity index (χ0) is 31.7. The van der Waals surface area contributed by atoms with Crippen LogP contribution in [0.25, 0.3) is 5.65 Å². The highest BCUT2D eigenvalue weighted by Crippen LogP contribution is 2.38. The lowest BCUT2D eigenvalue weighted by molar-refractivity contribution is -0.136. The first-order chi connectivity index (χ1) is 21.7. The minimum Gasteiger partial charge on any atom is -0.495 e. The fraction of sp³-hybridized carbons (Fsp3) is 0.455. The number of fused-ring (bicyclic) bond motifs is 1. The van der Waals surface area contributed by atoms with E-state index in [1.165, 1.54) is 22.9 Å². The van der Waals surface area contributed by atoms with Crippen molar-refractivity contribution in [3.63, 3.8) is 0 Å². The number of anilines is 4. The molecule has 238 valence electrons. The van der Waals surface area contributed by atoms with Crippen LogP contribution in [-0.2, 0) is 14.6 Å². The van der Waals surface area contributed by atoms with E-state index in [9.17, 15) is 13.2 Å². The van der Waals surface area contributed by atoms with Crippen molar-refractivity contribution in [2.75, 3.05) is 30.8 Å². The number of para-hydroxylation sites is 1. The number of sulfone groups is 1. The molecule has 1 amide bonds. The number of nitrogens with one attached hydrogen (secondary N) is 2. The van der Waals surface area contributed by atoms with Crippen molar-refractivity contribution in [2.24, 2.45) is 5.92 Å². The molecule has 6 rings (SSSR count). The molecule has 2 aliphatic rings. The predicted molar refractivity (Wildman–Crippen MR) is 174 cm³/mol. The predicted octanol–water partition coefficient (Wildman–Crippen LogP) is 6.01. The number of amides is 1. The smallest absolute Gasteiger partial charge is 0.233 e. The average molecular weight is 632 g/mol. The van der Waals surface area contributed by atoms with Gasteiger partial charge in [-0.15, -0.1) is 0 Å². The van der Waals surface area contributed by atoms with Crippen molar-refractivity contribution in [1.82, 2.24) is 24.5 Å². The lowest BCUT2D eigenvalue weighted by atomic mass is 9.86. The summed E-state index contributed by atoms with van der Waals surface area (Å²) < 4.78 is 33.5. The molecule has 11 nitrogen and oxygen atoms in total. The van der Waals surface area contributed by atoms with Crippen molar-refractivity contribution in [3.05, 3.63) is 59.8 Å². The van der Waals surface area contributed by atoms with Crippen LogP contribution in [0, 0.1) is 12.8 Å². The number of rotatable bonds is 9. The van der Waals surface area contributed by atoms with Gasteiger partial charge in [0.15, 0.2) is 15.5 Å². The standard InChI is InChI=1S/C33H41N7O4S/c1-21(2)45(42,43)29-12-8-7-11-26(29)36-33-38-32(37-30-13-16-34-40(30)33)35-27-19-22(3)25(20-28(27)44-4)23-14-17-39(18-15-23)31(41)24-9-5-6-10-24/h7-8,11-13,16,19-21,23-24H,5-6,9-10,14-15,17-18H2,1-4H3,(H2,35,36,37,38). The van der Waals surface area contributed by atoms with E-state index in [1.54, 1.807) is 57.5 Å². The van der Waals surface area contributed by atoms with E-state index < -0.39 is 15.1 Å². The Balaban J connectivity index is 1.24. The van der Waals surface area contributed by atoms with Gasteiger partial charge in [-0.1, -0.05) is 25.0 Å². The van der Waals surface area contributed by atoms with Gasteiger partial charge in [-0.25, -0.2) is 8.42 Å². The first-order valence-corrected chi connectivity index (χ1v) is 17.3. The third-order valence-corrected chi connectivity index (χ3v) is 11.3. The van der Waals surface area contributed by atoms with Gasteiger partial charge in [-0.3, -0.25) is 4.79 Å². The van der Waals surface area contributed by atoms with Crippen LogP contribution in [0.1, 0.15) is 69.4 Å². The van der Waals surface area contributed by atoms with Crippen molar-refractivity contribution < 1.29 is 17.9 Å². The molecule has 1 saturated carbocycles. The minimum atomic E-state index is -3.55. The molecule has 0 spiro atoms. The number of benzene rings is 2. The lowest BCUT2D eigenvalue weighted by Gasteiger charge is -2.34. The van der Waals surface area contributed by atoms with E-state index >= 15 is 0 Å². The summed E-state index contributed by atoms with van der Waals surface area (Å²) in [5.74, 6) is 2.19. The summed E-state index contributed by atoms with van der Waals surface area (Å²) in [6.45, 7) is 6.99. The fourth-order valence-electron chi connectivity index (χ4n) is 6.53. The second kappa shape index (κ2) is 12.7. The van der Waals surface area contributed by atoms with Crippen molar-refractivity contribution in [2.45, 2.75) is 75.4 Å². The molecule has 4 aromatic rings. The Morgan fingerprint density at radius 1 is 0.978 bits per heavy atom. The highest BCUT2D eigenvalue weighted by molar-refractivity contribution is 7.92. The summed E-state index contributed by atoms with van der Waals surface area (Å²) in [6, 6.07) is 12.7. The van der Waals surface area contributed by atoms with Crippen molar-refractivity contribution in [3.8, 4) is 5.75 Å². The second-order valence-electron chi connectivity index (χ2n) is 12.3. The van der Waals surface area contributed by atoms with Gasteiger partial charge in [0.2, 0.25) is 17.8 Å². The summed E-state index contributed by atoms with van der Waals surface area (Å²) in [7, 11) is -1.91. The lowest BCUT2D eigenvalue weighted by Crippen LogP contribution is -2.40. The summed E-state index contributed by atoms with van der Waals surface area (Å²) in [5, 5.41) is 10.3. The second-order valence-corrected chi connectivity index (χ2v) is 14.8. The molecule has 1 aliphatic heterocycles. The third-order valence-electron chi connectivity index (χ3n) is 9.10. The van der Waals surface area contributed by atoms with Gasteiger partial charge in [-0.2, -0.15) is 19.6 Å². The Labute approximate surface area is 264 Å². The molecular weight excluding hydrogens is 590 g/mol. The van der Waals surface area contributed by atoms with E-state index in [4.69, 9.17) is 4.74 Å². The van der Waals surface area contributed by atoms with Crippen molar-refractivity contribution in [1.29, 1.82) is 0 Å². The van der Waals surface area contributed by atoms with E-state index in [1.807, 2.05) is 6.07 Å². The number of carbonyl (C=O) groups excluding carboxylic acids is 1. The molecule has 1 aliphatic carbocycles. The number of methoxy groups -OCH3 is 1. The number of piperidine rings is 1. The minimum absolute atomic E-state index is 0.190. The molecule has 0 bridgehead atoms. The number of aryl methyl sites for hydroxylation is 1. The Kier molecular flexibility index (Phi) is 8.67. The van der Waals surface area contributed by atoms with Gasteiger partial charge in [-0.05, 0) is 87.8 Å². The zero-order valence-electron chi connectivity index (χ0n) is 26.3. The van der Waals surface area contributed by atoms with Gasteiger partial charge in [0.25, 0.3) is 0 Å². The normalized spacial score (nSPS) is 16.4. The van der Waals surface area contributed by atoms with Crippen LogP contribution in [-0.4, -0.2) is 64.3 Å². The Morgan fingerprint density at radius 3 is 2.42 bits per heavy atom. The van der Waals surface area contributed by atoms with Gasteiger partial charge in [0.05, 0.1) is 34.8 Å². The van der Waals surface area contributed by atoms with E-state index in [0.29, 0.717) is 46.5 Å². The highest BCUT2D eigenvalue weighted by Gasteiger charge is 2.31. The maximum absolute atomic E-state index is 13.1. The number of carbonyl (C=O) groups is 1.